The van der Waals surface area contributed by atoms with Gasteiger partial charge >= 0.3 is 5.97 Å². The first-order valence-electron chi connectivity index (χ1n) is 7.37. The number of carboxylic acids is 1. The second kappa shape index (κ2) is 5.02. The van der Waals surface area contributed by atoms with Crippen LogP contribution in [-0.2, 0) is 0 Å². The summed E-state index contributed by atoms with van der Waals surface area (Å²) in [6.07, 6.45) is 4.10. The molecule has 3 rings (SSSR count). The average molecular weight is 284 g/mol. The van der Waals surface area contributed by atoms with E-state index in [-0.39, 0.29) is 11.6 Å². The molecule has 1 heterocycles. The van der Waals surface area contributed by atoms with Crippen LogP contribution in [0.5, 0.6) is 0 Å². The number of aromatic nitrogens is 2. The van der Waals surface area contributed by atoms with Gasteiger partial charge in [0, 0.05) is 11.8 Å². The molecule has 1 fully saturated rings. The van der Waals surface area contributed by atoms with Crippen LogP contribution >= 0.6 is 0 Å². The van der Waals surface area contributed by atoms with Crippen molar-refractivity contribution in [3.05, 3.63) is 41.1 Å². The van der Waals surface area contributed by atoms with Gasteiger partial charge in [0.1, 0.15) is 11.3 Å². The van der Waals surface area contributed by atoms with Crippen molar-refractivity contribution in [3.8, 4) is 11.3 Å². The van der Waals surface area contributed by atoms with Crippen LogP contribution in [0.25, 0.3) is 11.3 Å². The molecule has 2 aromatic rings. The standard InChI is InChI=1S/C17H20N2O2/c1-10-4-5-14(8-11(10)2)16-15(17(20)21)9-19(18-16)12(3)13-6-7-13/h4-5,8-9,12-13H,6-7H2,1-3H3,(H,20,21). The van der Waals surface area contributed by atoms with Crippen molar-refractivity contribution in [2.45, 2.75) is 39.7 Å². The lowest BCUT2D eigenvalue weighted by Gasteiger charge is -2.10. The summed E-state index contributed by atoms with van der Waals surface area (Å²) in [4.78, 5) is 11.5. The number of aromatic carboxylic acids is 1. The fourth-order valence-electron chi connectivity index (χ4n) is 2.65. The maximum absolute atomic E-state index is 11.5. The highest BCUT2D eigenvalue weighted by atomic mass is 16.4. The van der Waals surface area contributed by atoms with Gasteiger partial charge in [-0.05, 0) is 56.7 Å². The van der Waals surface area contributed by atoms with E-state index in [0.29, 0.717) is 11.6 Å². The van der Waals surface area contributed by atoms with E-state index >= 15 is 0 Å². The summed E-state index contributed by atoms with van der Waals surface area (Å²) in [5, 5.41) is 14.0. The number of hydrogen-bond acceptors (Lipinski definition) is 2. The molecule has 21 heavy (non-hydrogen) atoms. The lowest BCUT2D eigenvalue weighted by Crippen LogP contribution is -2.07. The Morgan fingerprint density at radius 1 is 1.33 bits per heavy atom. The molecule has 0 radical (unpaired) electrons. The molecular formula is C17H20N2O2. The number of hydrogen-bond donors (Lipinski definition) is 1. The van der Waals surface area contributed by atoms with Gasteiger partial charge in [0.2, 0.25) is 0 Å². The van der Waals surface area contributed by atoms with Gasteiger partial charge < -0.3 is 5.11 Å². The molecule has 1 atom stereocenters. The summed E-state index contributed by atoms with van der Waals surface area (Å²) in [7, 11) is 0. The van der Waals surface area contributed by atoms with Crippen LogP contribution in [0.15, 0.2) is 24.4 Å². The number of carboxylic acid groups (broad SMARTS) is 1. The lowest BCUT2D eigenvalue weighted by atomic mass is 10.0. The molecule has 110 valence electrons. The zero-order valence-electron chi connectivity index (χ0n) is 12.6. The van der Waals surface area contributed by atoms with Gasteiger partial charge in [-0.25, -0.2) is 4.79 Å². The van der Waals surface area contributed by atoms with Gasteiger partial charge in [-0.3, -0.25) is 4.68 Å². The Morgan fingerprint density at radius 2 is 2.05 bits per heavy atom. The molecule has 1 N–H and O–H groups in total. The van der Waals surface area contributed by atoms with Crippen LogP contribution in [0.2, 0.25) is 0 Å². The van der Waals surface area contributed by atoms with E-state index in [1.807, 2.05) is 36.7 Å². The molecule has 1 aromatic heterocycles. The Labute approximate surface area is 124 Å². The van der Waals surface area contributed by atoms with E-state index in [9.17, 15) is 9.90 Å². The van der Waals surface area contributed by atoms with Crippen molar-refractivity contribution in [1.82, 2.24) is 9.78 Å². The number of benzene rings is 1. The number of nitrogens with zero attached hydrogens (tertiary/aromatic N) is 2. The largest absolute Gasteiger partial charge is 0.478 e. The van der Waals surface area contributed by atoms with Gasteiger partial charge in [0.25, 0.3) is 0 Å². The molecule has 1 aromatic carbocycles. The highest BCUT2D eigenvalue weighted by Crippen LogP contribution is 2.39. The predicted octanol–water partition coefficient (Wildman–Crippen LogP) is 3.84. The van der Waals surface area contributed by atoms with Crippen molar-refractivity contribution in [2.24, 2.45) is 5.92 Å². The minimum atomic E-state index is -0.919. The molecule has 0 spiro atoms. The number of carbonyl (C=O) groups is 1. The van der Waals surface area contributed by atoms with E-state index in [1.54, 1.807) is 6.20 Å². The van der Waals surface area contributed by atoms with Gasteiger partial charge in [-0.1, -0.05) is 12.1 Å². The fraction of sp³-hybridized carbons (Fsp3) is 0.412. The van der Waals surface area contributed by atoms with Crippen molar-refractivity contribution < 1.29 is 9.90 Å². The van der Waals surface area contributed by atoms with Crippen LogP contribution in [0.3, 0.4) is 0 Å². The Hall–Kier alpha value is -2.10. The predicted molar refractivity (Wildman–Crippen MR) is 81.5 cm³/mol. The summed E-state index contributed by atoms with van der Waals surface area (Å²) in [6, 6.07) is 6.24. The van der Waals surface area contributed by atoms with Crippen molar-refractivity contribution >= 4 is 5.97 Å². The Bertz CT molecular complexity index is 699. The summed E-state index contributed by atoms with van der Waals surface area (Å²) in [5.41, 5.74) is 4.07. The maximum Gasteiger partial charge on any atom is 0.339 e. The van der Waals surface area contributed by atoms with Crippen molar-refractivity contribution in [2.75, 3.05) is 0 Å². The molecule has 1 aliphatic rings. The topological polar surface area (TPSA) is 55.1 Å². The molecule has 4 heteroatoms. The van der Waals surface area contributed by atoms with Crippen molar-refractivity contribution in [1.29, 1.82) is 0 Å². The molecule has 4 nitrogen and oxygen atoms in total. The van der Waals surface area contributed by atoms with Crippen LogP contribution in [0.1, 0.15) is 47.3 Å². The first-order chi connectivity index (χ1) is 9.97. The SMILES string of the molecule is Cc1ccc(-c2nn(C(C)C3CC3)cc2C(=O)O)cc1C. The first kappa shape index (κ1) is 13.9. The van der Waals surface area contributed by atoms with E-state index < -0.39 is 5.97 Å². The lowest BCUT2D eigenvalue weighted by molar-refractivity contribution is 0.0697. The fourth-order valence-corrected chi connectivity index (χ4v) is 2.65. The van der Waals surface area contributed by atoms with Crippen LogP contribution in [0, 0.1) is 19.8 Å². The highest BCUT2D eigenvalue weighted by molar-refractivity contribution is 5.94. The van der Waals surface area contributed by atoms with Crippen molar-refractivity contribution in [3.63, 3.8) is 0 Å². The third kappa shape index (κ3) is 2.58. The summed E-state index contributed by atoms with van der Waals surface area (Å²) in [5.74, 6) is -0.281. The quantitative estimate of drug-likeness (QED) is 0.928. The second-order valence-electron chi connectivity index (χ2n) is 6.05. The molecule has 0 bridgehead atoms. The summed E-state index contributed by atoms with van der Waals surface area (Å²) >= 11 is 0. The van der Waals surface area contributed by atoms with Crippen LogP contribution in [0.4, 0.5) is 0 Å². The normalized spacial score (nSPS) is 16.0. The smallest absolute Gasteiger partial charge is 0.339 e. The summed E-state index contributed by atoms with van der Waals surface area (Å²) < 4.78 is 1.83. The number of rotatable bonds is 4. The van der Waals surface area contributed by atoms with E-state index in [1.165, 1.54) is 18.4 Å². The molecule has 0 amide bonds. The molecule has 1 saturated carbocycles. The van der Waals surface area contributed by atoms with Gasteiger partial charge in [-0.15, -0.1) is 0 Å². The monoisotopic (exact) mass is 284 g/mol. The second-order valence-corrected chi connectivity index (χ2v) is 6.05. The number of aryl methyl sites for hydroxylation is 2. The molecular weight excluding hydrogens is 264 g/mol. The van der Waals surface area contributed by atoms with E-state index in [0.717, 1.165) is 11.1 Å². The first-order valence-corrected chi connectivity index (χ1v) is 7.37. The minimum absolute atomic E-state index is 0.267. The van der Waals surface area contributed by atoms with E-state index in [4.69, 9.17) is 0 Å². The third-order valence-corrected chi connectivity index (χ3v) is 4.46. The zero-order valence-corrected chi connectivity index (χ0v) is 12.6. The average Bonchev–Trinajstić information content (AvgIpc) is 3.19. The highest BCUT2D eigenvalue weighted by Gasteiger charge is 2.31. The Morgan fingerprint density at radius 3 is 2.62 bits per heavy atom. The molecule has 0 aliphatic heterocycles. The van der Waals surface area contributed by atoms with Crippen LogP contribution in [-0.4, -0.2) is 20.9 Å². The van der Waals surface area contributed by atoms with Crippen LogP contribution < -0.4 is 0 Å². The van der Waals surface area contributed by atoms with Gasteiger partial charge in [0.05, 0.1) is 6.04 Å². The zero-order chi connectivity index (χ0) is 15.1. The third-order valence-electron chi connectivity index (χ3n) is 4.46. The van der Waals surface area contributed by atoms with E-state index in [2.05, 4.69) is 12.0 Å². The molecule has 1 unspecified atom stereocenters. The minimum Gasteiger partial charge on any atom is -0.478 e. The Balaban J connectivity index is 2.06. The molecule has 0 saturated heterocycles. The Kier molecular flexibility index (Phi) is 3.32. The molecule has 1 aliphatic carbocycles. The van der Waals surface area contributed by atoms with Gasteiger partial charge in [-0.2, -0.15) is 5.10 Å². The maximum atomic E-state index is 11.5. The summed E-state index contributed by atoms with van der Waals surface area (Å²) in [6.45, 7) is 6.19. The van der Waals surface area contributed by atoms with Gasteiger partial charge in [0.15, 0.2) is 0 Å².